The van der Waals surface area contributed by atoms with Crippen molar-refractivity contribution < 1.29 is 28.4 Å². The lowest BCUT2D eigenvalue weighted by Gasteiger charge is -2.25. The number of hydrogen-bond acceptors (Lipinski definition) is 6. The van der Waals surface area contributed by atoms with Crippen molar-refractivity contribution in [3.8, 4) is 0 Å². The number of phosphoric ester groups is 1. The Morgan fingerprint density at radius 3 is 1.47 bits per heavy atom. The first-order valence-corrected chi connectivity index (χ1v) is 25.0. The lowest BCUT2D eigenvalue weighted by atomic mass is 10.0. The van der Waals surface area contributed by atoms with Crippen molar-refractivity contribution in [2.45, 2.75) is 212 Å². The molecule has 9 heteroatoms. The summed E-state index contributed by atoms with van der Waals surface area (Å²) in [6.45, 7) is 4.07. The number of nitrogens with one attached hydrogen (secondary N) is 1. The highest BCUT2D eigenvalue weighted by atomic mass is 31.2. The molecule has 8 nitrogen and oxygen atoms in total. The van der Waals surface area contributed by atoms with E-state index in [1.807, 2.05) is 0 Å². The van der Waals surface area contributed by atoms with E-state index in [0.29, 0.717) is 12.8 Å². The Balaban J connectivity index is 4.19. The number of aliphatic hydroxyl groups excluding tert-OH is 1. The number of rotatable bonds is 43. The molecule has 0 bridgehead atoms. The fourth-order valence-corrected chi connectivity index (χ4v) is 7.31. The molecule has 336 valence electrons. The van der Waals surface area contributed by atoms with Crippen LogP contribution in [-0.2, 0) is 18.4 Å². The summed E-state index contributed by atoms with van der Waals surface area (Å²) in [6, 6.07) is -0.793. The van der Waals surface area contributed by atoms with Crippen molar-refractivity contribution >= 4 is 13.7 Å². The summed E-state index contributed by atoms with van der Waals surface area (Å²) < 4.78 is 22.2. The molecule has 0 spiro atoms. The van der Waals surface area contributed by atoms with E-state index in [-0.39, 0.29) is 25.7 Å². The van der Waals surface area contributed by atoms with Crippen LogP contribution < -0.4 is 11.1 Å². The second kappa shape index (κ2) is 44.5. The van der Waals surface area contributed by atoms with E-state index < -0.39 is 20.0 Å². The Kier molecular flexibility index (Phi) is 42.9. The highest BCUT2D eigenvalue weighted by Crippen LogP contribution is 2.43. The van der Waals surface area contributed by atoms with Gasteiger partial charge in [-0.25, -0.2) is 4.57 Å². The number of amides is 1. The first kappa shape index (κ1) is 55.9. The quantitative estimate of drug-likeness (QED) is 0.0273. The van der Waals surface area contributed by atoms with Crippen molar-refractivity contribution in [1.29, 1.82) is 0 Å². The van der Waals surface area contributed by atoms with Crippen molar-refractivity contribution in [3.05, 3.63) is 72.9 Å². The molecule has 0 aliphatic carbocycles. The van der Waals surface area contributed by atoms with Crippen LogP contribution in [0, 0.1) is 0 Å². The Bertz CT molecular complexity index is 1130. The van der Waals surface area contributed by atoms with Gasteiger partial charge in [-0.15, -0.1) is 0 Å². The summed E-state index contributed by atoms with van der Waals surface area (Å²) >= 11 is 0. The Morgan fingerprint density at radius 1 is 0.586 bits per heavy atom. The molecule has 5 N–H and O–H groups in total. The third kappa shape index (κ3) is 42.1. The van der Waals surface area contributed by atoms with E-state index in [0.717, 1.165) is 89.9 Å². The fourth-order valence-electron chi connectivity index (χ4n) is 6.55. The van der Waals surface area contributed by atoms with Crippen LogP contribution in [0.3, 0.4) is 0 Å². The molecule has 0 aromatic carbocycles. The van der Waals surface area contributed by atoms with Crippen molar-refractivity contribution in [3.63, 3.8) is 0 Å². The van der Waals surface area contributed by atoms with Crippen LogP contribution >= 0.6 is 7.82 Å². The van der Waals surface area contributed by atoms with Crippen molar-refractivity contribution in [2.75, 3.05) is 19.8 Å². The van der Waals surface area contributed by atoms with Gasteiger partial charge < -0.3 is 21.1 Å². The van der Waals surface area contributed by atoms with Gasteiger partial charge >= 0.3 is 7.82 Å². The smallest absolute Gasteiger partial charge is 0.391 e. The number of phosphoric acid groups is 1. The molecule has 0 aromatic heterocycles. The molecular weight excluding hydrogens is 744 g/mol. The molecule has 0 saturated heterocycles. The average Bonchev–Trinajstić information content (AvgIpc) is 3.21. The van der Waals surface area contributed by atoms with E-state index >= 15 is 0 Å². The van der Waals surface area contributed by atoms with Gasteiger partial charge in [0, 0.05) is 13.0 Å². The minimum atomic E-state index is -4.33. The Morgan fingerprint density at radius 2 is 1.00 bits per heavy atom. The Hall–Kier alpha value is -2.06. The SMILES string of the molecule is CC/C=C\C/C=C\C/C=C\C/C=C\C/C=C\C/C=C\CCCCCCC(=O)NC(COP(=O)(O)OCCN)C(O)CCCCCCCCCCCCCCCCCC. The molecule has 0 aliphatic rings. The van der Waals surface area contributed by atoms with Gasteiger partial charge in [-0.3, -0.25) is 13.8 Å². The minimum Gasteiger partial charge on any atom is -0.391 e. The standard InChI is InChI=1S/C49H89N2O6P/c1-3-5-7-9-11-13-15-17-19-21-22-23-24-25-26-27-29-31-33-35-37-39-41-43-49(53)51-47(46-57-58(54,55)56-45-44-50)48(52)42-40-38-36-34-32-30-28-20-18-16-14-12-10-8-6-4-2/h5,7,11,13,17,19,22-23,25-26,29,31,47-48,52H,3-4,6,8-10,12,14-16,18,20-21,24,27-28,30,32-46,50H2,1-2H3,(H,51,53)(H,54,55)/b7-5-,13-11-,19-17-,23-22-,26-25-,31-29-. The van der Waals surface area contributed by atoms with Gasteiger partial charge in [0.05, 0.1) is 25.4 Å². The second-order valence-corrected chi connectivity index (χ2v) is 17.0. The van der Waals surface area contributed by atoms with Crippen LogP contribution in [0.15, 0.2) is 72.9 Å². The molecule has 3 atom stereocenters. The normalized spacial score (nSPS) is 14.6. The summed E-state index contributed by atoms with van der Waals surface area (Å²) in [5.41, 5.74) is 5.39. The third-order valence-corrected chi connectivity index (χ3v) is 11.1. The third-order valence-electron chi connectivity index (χ3n) is 10.1. The molecule has 58 heavy (non-hydrogen) atoms. The summed E-state index contributed by atoms with van der Waals surface area (Å²) in [5.74, 6) is -0.188. The van der Waals surface area contributed by atoms with Gasteiger partial charge in [-0.1, -0.05) is 202 Å². The maximum absolute atomic E-state index is 12.8. The highest BCUT2D eigenvalue weighted by Gasteiger charge is 2.27. The molecule has 1 amide bonds. The predicted octanol–water partition coefficient (Wildman–Crippen LogP) is 13.6. The van der Waals surface area contributed by atoms with Crippen LogP contribution in [-0.4, -0.2) is 47.8 Å². The van der Waals surface area contributed by atoms with E-state index in [9.17, 15) is 19.4 Å². The van der Waals surface area contributed by atoms with E-state index in [4.69, 9.17) is 14.8 Å². The molecule has 0 heterocycles. The topological polar surface area (TPSA) is 131 Å². The first-order valence-electron chi connectivity index (χ1n) is 23.6. The van der Waals surface area contributed by atoms with E-state index in [1.54, 1.807) is 0 Å². The van der Waals surface area contributed by atoms with E-state index in [2.05, 4.69) is 92.1 Å². The van der Waals surface area contributed by atoms with Gasteiger partial charge in [0.15, 0.2) is 0 Å². The summed E-state index contributed by atoms with van der Waals surface area (Å²) in [5, 5.41) is 13.8. The van der Waals surface area contributed by atoms with Crippen LogP contribution in [0.2, 0.25) is 0 Å². The molecule has 0 fully saturated rings. The molecule has 0 saturated carbocycles. The maximum atomic E-state index is 12.8. The highest BCUT2D eigenvalue weighted by molar-refractivity contribution is 7.47. The number of allylic oxidation sites excluding steroid dienone is 12. The van der Waals surface area contributed by atoms with Crippen molar-refractivity contribution in [1.82, 2.24) is 5.32 Å². The zero-order valence-electron chi connectivity index (χ0n) is 37.3. The lowest BCUT2D eigenvalue weighted by Crippen LogP contribution is -2.46. The monoisotopic (exact) mass is 833 g/mol. The summed E-state index contributed by atoms with van der Waals surface area (Å²) in [6.07, 6.45) is 57.7. The molecular formula is C49H89N2O6P. The number of carbonyl (C=O) groups is 1. The number of hydrogen-bond donors (Lipinski definition) is 4. The van der Waals surface area contributed by atoms with Gasteiger partial charge in [-0.2, -0.15) is 0 Å². The number of unbranched alkanes of at least 4 members (excludes halogenated alkanes) is 19. The van der Waals surface area contributed by atoms with E-state index in [1.165, 1.54) is 83.5 Å². The zero-order valence-corrected chi connectivity index (χ0v) is 38.2. The molecule has 3 unspecified atom stereocenters. The van der Waals surface area contributed by atoms with Gasteiger partial charge in [0.25, 0.3) is 0 Å². The van der Waals surface area contributed by atoms with Crippen LogP contribution in [0.5, 0.6) is 0 Å². The molecule has 0 rings (SSSR count). The second-order valence-electron chi connectivity index (χ2n) is 15.6. The maximum Gasteiger partial charge on any atom is 0.472 e. The summed E-state index contributed by atoms with van der Waals surface area (Å²) in [4.78, 5) is 22.8. The minimum absolute atomic E-state index is 0.0807. The van der Waals surface area contributed by atoms with Gasteiger partial charge in [0.1, 0.15) is 0 Å². The largest absolute Gasteiger partial charge is 0.472 e. The van der Waals surface area contributed by atoms with Gasteiger partial charge in [-0.05, 0) is 64.2 Å². The molecule has 0 radical (unpaired) electrons. The first-order chi connectivity index (χ1) is 28.4. The number of nitrogens with two attached hydrogens (primary N) is 1. The lowest BCUT2D eigenvalue weighted by molar-refractivity contribution is -0.123. The predicted molar refractivity (Wildman–Crippen MR) is 249 cm³/mol. The van der Waals surface area contributed by atoms with Gasteiger partial charge in [0.2, 0.25) is 5.91 Å². The average molecular weight is 833 g/mol. The fraction of sp³-hybridized carbons (Fsp3) is 0.735. The van der Waals surface area contributed by atoms with Crippen LogP contribution in [0.1, 0.15) is 200 Å². The summed E-state index contributed by atoms with van der Waals surface area (Å²) in [7, 11) is -4.33. The Labute approximate surface area is 357 Å². The van der Waals surface area contributed by atoms with Crippen molar-refractivity contribution in [2.24, 2.45) is 5.73 Å². The number of carbonyl (C=O) groups excluding carboxylic acids is 1. The number of aliphatic hydroxyl groups is 1. The molecule has 0 aliphatic heterocycles. The zero-order chi connectivity index (χ0) is 42.5. The van der Waals surface area contributed by atoms with Crippen LogP contribution in [0.25, 0.3) is 0 Å². The molecule has 0 aromatic rings. The van der Waals surface area contributed by atoms with Crippen LogP contribution in [0.4, 0.5) is 0 Å².